The van der Waals surface area contributed by atoms with E-state index in [0.717, 1.165) is 51.0 Å². The molecule has 0 radical (unpaired) electrons. The maximum atomic E-state index is 13.1. The van der Waals surface area contributed by atoms with Crippen LogP contribution < -0.4 is 16.1 Å². The lowest BCUT2D eigenvalue weighted by Crippen LogP contribution is -2.41. The van der Waals surface area contributed by atoms with Gasteiger partial charge >= 0.3 is 6.18 Å². The van der Waals surface area contributed by atoms with Gasteiger partial charge in [-0.05, 0) is 44.3 Å². The molecule has 1 amide bonds. The van der Waals surface area contributed by atoms with Crippen LogP contribution in [0.5, 0.6) is 0 Å². The van der Waals surface area contributed by atoms with Crippen molar-refractivity contribution in [1.82, 2.24) is 16.1 Å². The van der Waals surface area contributed by atoms with Crippen molar-refractivity contribution in [2.45, 2.75) is 56.8 Å². The molecule has 2 heterocycles. The molecule has 3 rings (SSSR count). The topological polar surface area (TPSA) is 74.8 Å². The molecule has 2 atom stereocenters. The van der Waals surface area contributed by atoms with Gasteiger partial charge < -0.3 is 15.4 Å². The van der Waals surface area contributed by atoms with Crippen molar-refractivity contribution in [3.05, 3.63) is 36.1 Å². The van der Waals surface area contributed by atoms with Crippen LogP contribution in [-0.4, -0.2) is 43.2 Å². The number of ether oxygens (including phenoxy) is 1. The molecule has 0 unspecified atom stereocenters. The SMILES string of the molecule is C=C1/C=C\C(C(F)(F)F)=C/C/C(NC(=O)[C@H]2CC[C@@H](NC3CCOCC3)C2)=N\N1. The highest BCUT2D eigenvalue weighted by atomic mass is 19.4. The number of carbonyl (C=O) groups excluding carboxylic acids is 1. The second kappa shape index (κ2) is 9.58. The third-order valence-electron chi connectivity index (χ3n) is 5.40. The van der Waals surface area contributed by atoms with Crippen LogP contribution in [-0.2, 0) is 9.53 Å². The van der Waals surface area contributed by atoms with Crippen molar-refractivity contribution in [1.29, 1.82) is 0 Å². The Morgan fingerprint density at radius 1 is 1.17 bits per heavy atom. The van der Waals surface area contributed by atoms with Crippen molar-refractivity contribution < 1.29 is 22.7 Å². The molecule has 2 fully saturated rings. The zero-order valence-electron chi connectivity index (χ0n) is 16.2. The second-order valence-electron chi connectivity index (χ2n) is 7.64. The minimum atomic E-state index is -4.48. The Bertz CT molecular complexity index is 709. The summed E-state index contributed by atoms with van der Waals surface area (Å²) >= 11 is 0. The van der Waals surface area contributed by atoms with Gasteiger partial charge in [0.15, 0.2) is 0 Å². The quantitative estimate of drug-likeness (QED) is 0.666. The summed E-state index contributed by atoms with van der Waals surface area (Å²) in [7, 11) is 0. The third kappa shape index (κ3) is 6.43. The molecule has 1 saturated heterocycles. The molecule has 9 heteroatoms. The van der Waals surface area contributed by atoms with Crippen molar-refractivity contribution in [2.75, 3.05) is 13.2 Å². The molecule has 6 nitrogen and oxygen atoms in total. The van der Waals surface area contributed by atoms with Crippen LogP contribution in [0.1, 0.15) is 38.5 Å². The molecule has 0 spiro atoms. The first-order valence-electron chi connectivity index (χ1n) is 9.93. The van der Waals surface area contributed by atoms with Gasteiger partial charge in [-0.2, -0.15) is 18.3 Å². The van der Waals surface area contributed by atoms with Crippen LogP contribution in [0.4, 0.5) is 13.2 Å². The molecule has 2 aliphatic heterocycles. The average molecular weight is 412 g/mol. The number of nitrogens with one attached hydrogen (secondary N) is 3. The summed E-state index contributed by atoms with van der Waals surface area (Å²) in [6.45, 7) is 5.12. The molecule has 1 aliphatic carbocycles. The largest absolute Gasteiger partial charge is 0.416 e. The predicted octanol–water partition coefficient (Wildman–Crippen LogP) is 2.91. The summed E-state index contributed by atoms with van der Waals surface area (Å²) in [5, 5.41) is 10.3. The Morgan fingerprint density at radius 3 is 2.66 bits per heavy atom. The van der Waals surface area contributed by atoms with E-state index in [1.54, 1.807) is 0 Å². The molecule has 3 aliphatic rings. The fourth-order valence-corrected chi connectivity index (χ4v) is 3.79. The molecule has 0 aromatic rings. The zero-order valence-corrected chi connectivity index (χ0v) is 16.2. The number of allylic oxidation sites excluding steroid dienone is 3. The molecular weight excluding hydrogens is 385 g/mol. The highest BCUT2D eigenvalue weighted by Crippen LogP contribution is 2.28. The number of alkyl halides is 3. The van der Waals surface area contributed by atoms with Gasteiger partial charge in [0, 0.05) is 43.3 Å². The minimum absolute atomic E-state index is 0.137. The fraction of sp³-hybridized carbons (Fsp3) is 0.600. The summed E-state index contributed by atoms with van der Waals surface area (Å²) in [5.41, 5.74) is 1.98. The Labute approximate surface area is 168 Å². The zero-order chi connectivity index (χ0) is 20.9. The lowest BCUT2D eigenvalue weighted by molar-refractivity contribution is -0.123. The first kappa shape index (κ1) is 21.6. The molecule has 0 bridgehead atoms. The van der Waals surface area contributed by atoms with Crippen molar-refractivity contribution in [3.8, 4) is 0 Å². The van der Waals surface area contributed by atoms with E-state index in [-0.39, 0.29) is 35.8 Å². The summed E-state index contributed by atoms with van der Waals surface area (Å²) in [6, 6.07) is 0.693. The molecule has 160 valence electrons. The first-order chi connectivity index (χ1) is 13.8. The molecular formula is C20H27F3N4O2. The summed E-state index contributed by atoms with van der Waals surface area (Å²) in [6.07, 6.45) is 2.85. The van der Waals surface area contributed by atoms with Crippen LogP contribution in [0, 0.1) is 5.92 Å². The normalized spacial score (nSPS) is 31.3. The molecule has 1 saturated carbocycles. The van der Waals surface area contributed by atoms with E-state index in [1.807, 2.05) is 0 Å². The number of hydrogen-bond acceptors (Lipinski definition) is 5. The summed E-state index contributed by atoms with van der Waals surface area (Å²) < 4.78 is 44.6. The standard InChI is InChI=1S/C20H27F3N4O2/c1-13-2-4-15(20(21,22)23)5-7-18(27-26-13)25-19(28)14-3-6-17(12-14)24-16-8-10-29-11-9-16/h2,4-5,14,16-17,24,26H,1,3,6-12H2,(H,25,27,28)/b4-2-,15-5+/t14-,17+/m0/s1. The number of rotatable bonds is 3. The predicted molar refractivity (Wildman–Crippen MR) is 104 cm³/mol. The number of nitrogens with zero attached hydrogens (tertiary/aromatic N) is 1. The van der Waals surface area contributed by atoms with Gasteiger partial charge in [0.25, 0.3) is 0 Å². The van der Waals surface area contributed by atoms with Gasteiger partial charge in [0.2, 0.25) is 5.91 Å². The number of carbonyl (C=O) groups is 1. The Morgan fingerprint density at radius 2 is 1.93 bits per heavy atom. The van der Waals surface area contributed by atoms with Crippen molar-refractivity contribution in [3.63, 3.8) is 0 Å². The maximum absolute atomic E-state index is 13.1. The Kier molecular flexibility index (Phi) is 7.13. The van der Waals surface area contributed by atoms with E-state index in [1.165, 1.54) is 6.08 Å². The third-order valence-corrected chi connectivity index (χ3v) is 5.40. The number of amidine groups is 1. The number of hydrazone groups is 1. The van der Waals surface area contributed by atoms with Crippen LogP contribution >= 0.6 is 0 Å². The van der Waals surface area contributed by atoms with Crippen molar-refractivity contribution >= 4 is 11.7 Å². The van der Waals surface area contributed by atoms with E-state index < -0.39 is 11.7 Å². The van der Waals surface area contributed by atoms with Gasteiger partial charge in [0.1, 0.15) is 5.84 Å². The Balaban J connectivity index is 1.56. The van der Waals surface area contributed by atoms with Gasteiger partial charge in [0.05, 0.1) is 5.57 Å². The van der Waals surface area contributed by atoms with E-state index >= 15 is 0 Å². The monoisotopic (exact) mass is 412 g/mol. The number of halogens is 3. The smallest absolute Gasteiger partial charge is 0.381 e. The van der Waals surface area contributed by atoms with E-state index in [4.69, 9.17) is 4.74 Å². The highest BCUT2D eigenvalue weighted by molar-refractivity contribution is 5.99. The van der Waals surface area contributed by atoms with Crippen molar-refractivity contribution in [2.24, 2.45) is 11.0 Å². The van der Waals surface area contributed by atoms with Gasteiger partial charge in [-0.3, -0.25) is 10.2 Å². The molecule has 29 heavy (non-hydrogen) atoms. The summed E-state index contributed by atoms with van der Waals surface area (Å²) in [5.74, 6) is -0.251. The number of hydrogen-bond donors (Lipinski definition) is 3. The molecule has 3 N–H and O–H groups in total. The fourth-order valence-electron chi connectivity index (χ4n) is 3.79. The lowest BCUT2D eigenvalue weighted by atomic mass is 10.1. The molecule has 0 aromatic carbocycles. The van der Waals surface area contributed by atoms with Crippen LogP contribution in [0.2, 0.25) is 0 Å². The first-order valence-corrected chi connectivity index (χ1v) is 9.93. The van der Waals surface area contributed by atoms with Gasteiger partial charge in [-0.25, -0.2) is 0 Å². The van der Waals surface area contributed by atoms with E-state index in [9.17, 15) is 18.0 Å². The number of amides is 1. The van der Waals surface area contributed by atoms with Crippen LogP contribution in [0.3, 0.4) is 0 Å². The van der Waals surface area contributed by atoms with E-state index in [2.05, 4.69) is 27.7 Å². The summed E-state index contributed by atoms with van der Waals surface area (Å²) in [4.78, 5) is 12.6. The minimum Gasteiger partial charge on any atom is -0.381 e. The van der Waals surface area contributed by atoms with Crippen LogP contribution in [0.15, 0.2) is 41.2 Å². The highest BCUT2D eigenvalue weighted by Gasteiger charge is 2.33. The van der Waals surface area contributed by atoms with Crippen LogP contribution in [0.25, 0.3) is 0 Å². The second-order valence-corrected chi connectivity index (χ2v) is 7.64. The molecule has 0 aromatic heterocycles. The Hall–Kier alpha value is -2.13. The lowest BCUT2D eigenvalue weighted by Gasteiger charge is -2.26. The maximum Gasteiger partial charge on any atom is 0.416 e. The average Bonchev–Trinajstić information content (AvgIpc) is 3.16. The van der Waals surface area contributed by atoms with Gasteiger partial charge in [-0.15, -0.1) is 0 Å². The van der Waals surface area contributed by atoms with E-state index in [0.29, 0.717) is 12.5 Å². The van der Waals surface area contributed by atoms with Gasteiger partial charge in [-0.1, -0.05) is 12.7 Å².